The van der Waals surface area contributed by atoms with Crippen molar-refractivity contribution in [3.05, 3.63) is 89.3 Å². The van der Waals surface area contributed by atoms with Crippen molar-refractivity contribution in [2.75, 3.05) is 39.3 Å². The topological polar surface area (TPSA) is 96.8 Å². The fraction of sp³-hybridized carbons (Fsp3) is 0.394. The number of aryl methyl sites for hydroxylation is 2. The summed E-state index contributed by atoms with van der Waals surface area (Å²) < 4.78 is 7.93. The molecule has 3 aromatic rings. The van der Waals surface area contributed by atoms with E-state index < -0.39 is 0 Å². The summed E-state index contributed by atoms with van der Waals surface area (Å²) in [6.07, 6.45) is 6.74. The molecule has 3 heterocycles. The van der Waals surface area contributed by atoms with Gasteiger partial charge in [0.25, 0.3) is 5.91 Å². The summed E-state index contributed by atoms with van der Waals surface area (Å²) >= 11 is 0. The van der Waals surface area contributed by atoms with Gasteiger partial charge in [-0.25, -0.2) is 0 Å². The number of carbonyl (C=O) groups excluding carboxylic acids is 3. The van der Waals surface area contributed by atoms with E-state index in [9.17, 15) is 14.4 Å². The maximum Gasteiger partial charge on any atom is 0.257 e. The highest BCUT2D eigenvalue weighted by atomic mass is 16.5. The van der Waals surface area contributed by atoms with Crippen molar-refractivity contribution in [2.45, 2.75) is 39.2 Å². The second-order valence-corrected chi connectivity index (χ2v) is 10.9. The molecule has 9 nitrogen and oxygen atoms in total. The molecule has 9 heteroatoms. The molecule has 0 aliphatic carbocycles. The average Bonchev–Trinajstić information content (AvgIpc) is 3.61. The quantitative estimate of drug-likeness (QED) is 0.471. The summed E-state index contributed by atoms with van der Waals surface area (Å²) in [5.41, 5.74) is 3.21. The molecule has 1 fully saturated rings. The van der Waals surface area contributed by atoms with Crippen molar-refractivity contribution in [3.63, 3.8) is 0 Å². The number of likely N-dealkylation sites (tertiary alicyclic amines) is 1. The zero-order valence-corrected chi connectivity index (χ0v) is 24.4. The summed E-state index contributed by atoms with van der Waals surface area (Å²) in [6.45, 7) is 7.14. The van der Waals surface area contributed by atoms with Gasteiger partial charge in [-0.2, -0.15) is 5.10 Å². The number of amides is 3. The molecule has 42 heavy (non-hydrogen) atoms. The third-order valence-corrected chi connectivity index (χ3v) is 7.92. The van der Waals surface area contributed by atoms with E-state index in [-0.39, 0.29) is 29.6 Å². The SMILES string of the molecule is CCCn1cc(C(=O)N2CCCNC(=O)[C@H]3CN(C(=O)C=Cc4ccccc4)C[C@@H]3c3cccc(c3)OCC2)c(C)n1. The largest absolute Gasteiger partial charge is 0.492 e. The molecule has 0 unspecified atom stereocenters. The summed E-state index contributed by atoms with van der Waals surface area (Å²) in [7, 11) is 0. The number of nitrogens with one attached hydrogen (secondary N) is 1. The van der Waals surface area contributed by atoms with Gasteiger partial charge in [-0.15, -0.1) is 0 Å². The number of fused-ring (bicyclic) bond motifs is 4. The molecule has 5 rings (SSSR count). The van der Waals surface area contributed by atoms with E-state index in [1.165, 1.54) is 0 Å². The maximum atomic E-state index is 13.5. The first-order valence-corrected chi connectivity index (χ1v) is 14.8. The van der Waals surface area contributed by atoms with E-state index in [0.29, 0.717) is 62.8 Å². The zero-order valence-electron chi connectivity index (χ0n) is 24.4. The molecule has 2 bridgehead atoms. The summed E-state index contributed by atoms with van der Waals surface area (Å²) in [5, 5.41) is 7.58. The monoisotopic (exact) mass is 569 g/mol. The average molecular weight is 570 g/mol. The second-order valence-electron chi connectivity index (χ2n) is 10.9. The van der Waals surface area contributed by atoms with Gasteiger partial charge >= 0.3 is 0 Å². The molecule has 1 saturated heterocycles. The number of benzene rings is 2. The van der Waals surface area contributed by atoms with E-state index >= 15 is 0 Å². The van der Waals surface area contributed by atoms with Crippen molar-refractivity contribution in [1.82, 2.24) is 24.9 Å². The lowest BCUT2D eigenvalue weighted by atomic mass is 9.88. The highest BCUT2D eigenvalue weighted by Crippen LogP contribution is 2.35. The summed E-state index contributed by atoms with van der Waals surface area (Å²) in [6, 6.07) is 17.4. The van der Waals surface area contributed by atoms with Crippen LogP contribution in [0, 0.1) is 12.8 Å². The molecule has 2 atom stereocenters. The predicted molar refractivity (Wildman–Crippen MR) is 161 cm³/mol. The van der Waals surface area contributed by atoms with E-state index in [1.807, 2.05) is 72.4 Å². The van der Waals surface area contributed by atoms with Crippen LogP contribution >= 0.6 is 0 Å². The van der Waals surface area contributed by atoms with Crippen molar-refractivity contribution in [3.8, 4) is 5.75 Å². The molecule has 2 aliphatic heterocycles. The lowest BCUT2D eigenvalue weighted by Crippen LogP contribution is -2.39. The van der Waals surface area contributed by atoms with Crippen LogP contribution in [0.3, 0.4) is 0 Å². The molecule has 3 amide bonds. The van der Waals surface area contributed by atoms with E-state index in [1.54, 1.807) is 22.0 Å². The molecular weight excluding hydrogens is 530 g/mol. The molecular formula is C33H39N5O4. The number of aromatic nitrogens is 2. The maximum absolute atomic E-state index is 13.5. The van der Waals surface area contributed by atoms with Gasteiger partial charge < -0.3 is 19.9 Å². The van der Waals surface area contributed by atoms with Gasteiger partial charge in [0.2, 0.25) is 11.8 Å². The molecule has 1 N–H and O–H groups in total. The van der Waals surface area contributed by atoms with Gasteiger partial charge in [0, 0.05) is 50.9 Å². The molecule has 0 saturated carbocycles. The van der Waals surface area contributed by atoms with Crippen LogP contribution in [0.2, 0.25) is 0 Å². The summed E-state index contributed by atoms with van der Waals surface area (Å²) in [5.74, 6) is -0.138. The number of carbonyl (C=O) groups is 3. The smallest absolute Gasteiger partial charge is 0.257 e. The molecule has 1 aromatic heterocycles. The van der Waals surface area contributed by atoms with Crippen LogP contribution in [0.25, 0.3) is 6.08 Å². The predicted octanol–water partition coefficient (Wildman–Crippen LogP) is 3.90. The Bertz CT molecular complexity index is 1430. The number of hydrogen-bond donors (Lipinski definition) is 1. The van der Waals surface area contributed by atoms with Crippen LogP contribution in [0.4, 0.5) is 0 Å². The Labute approximate surface area is 247 Å². The Morgan fingerprint density at radius 2 is 1.86 bits per heavy atom. The van der Waals surface area contributed by atoms with Crippen LogP contribution in [0.1, 0.15) is 52.9 Å². The van der Waals surface area contributed by atoms with Crippen molar-refractivity contribution in [2.24, 2.45) is 5.92 Å². The van der Waals surface area contributed by atoms with E-state index in [2.05, 4.69) is 17.3 Å². The highest BCUT2D eigenvalue weighted by molar-refractivity contribution is 5.95. The van der Waals surface area contributed by atoms with Gasteiger partial charge in [0.1, 0.15) is 12.4 Å². The fourth-order valence-electron chi connectivity index (χ4n) is 5.70. The van der Waals surface area contributed by atoms with Gasteiger partial charge in [-0.05, 0) is 49.1 Å². The number of rotatable bonds is 5. The van der Waals surface area contributed by atoms with Crippen molar-refractivity contribution < 1.29 is 19.1 Å². The minimum atomic E-state index is -0.387. The third-order valence-electron chi connectivity index (χ3n) is 7.92. The van der Waals surface area contributed by atoms with Crippen LogP contribution in [-0.4, -0.2) is 76.6 Å². The molecule has 2 aliphatic rings. The number of nitrogens with zero attached hydrogens (tertiary/aromatic N) is 4. The minimum absolute atomic E-state index is 0.0831. The van der Waals surface area contributed by atoms with Crippen LogP contribution < -0.4 is 10.1 Å². The first kappa shape index (κ1) is 29.1. The first-order valence-electron chi connectivity index (χ1n) is 14.8. The molecule has 0 radical (unpaired) electrons. The highest BCUT2D eigenvalue weighted by Gasteiger charge is 2.40. The Morgan fingerprint density at radius 1 is 1.05 bits per heavy atom. The van der Waals surface area contributed by atoms with Gasteiger partial charge in [-0.3, -0.25) is 19.1 Å². The first-order chi connectivity index (χ1) is 20.4. The number of ether oxygens (including phenoxy) is 1. The Morgan fingerprint density at radius 3 is 2.67 bits per heavy atom. The summed E-state index contributed by atoms with van der Waals surface area (Å²) in [4.78, 5) is 43.6. The fourth-order valence-corrected chi connectivity index (χ4v) is 5.70. The zero-order chi connectivity index (χ0) is 29.5. The lowest BCUT2D eigenvalue weighted by molar-refractivity contribution is -0.126. The minimum Gasteiger partial charge on any atom is -0.492 e. The third kappa shape index (κ3) is 6.90. The van der Waals surface area contributed by atoms with Crippen LogP contribution in [-0.2, 0) is 16.1 Å². The molecule has 0 spiro atoms. The van der Waals surface area contributed by atoms with Gasteiger partial charge in [-0.1, -0.05) is 49.4 Å². The Hall–Kier alpha value is -4.40. The number of hydrogen-bond acceptors (Lipinski definition) is 5. The van der Waals surface area contributed by atoms with Gasteiger partial charge in [0.05, 0.1) is 23.7 Å². The standard InChI is InChI=1S/C33H39N5O4/c1-3-16-38-23-28(24(2)35-38)33(41)36-17-8-15-34-32(40)30-22-37(31(39)14-13-25-9-5-4-6-10-25)21-29(30)26-11-7-12-27(20-26)42-19-18-36/h4-7,9-14,20,23,29-30H,3,8,15-19,21-22H2,1-2H3,(H,34,40)/t29-,30+/m1/s1. The molecule has 220 valence electrons. The Kier molecular flexibility index (Phi) is 9.36. The van der Waals surface area contributed by atoms with Crippen LogP contribution in [0.5, 0.6) is 5.75 Å². The second kappa shape index (κ2) is 13.5. The molecule has 2 aromatic carbocycles. The van der Waals surface area contributed by atoms with Crippen LogP contribution in [0.15, 0.2) is 66.9 Å². The normalized spacial score (nSPS) is 19.6. The Balaban J connectivity index is 1.31. The van der Waals surface area contributed by atoms with E-state index in [4.69, 9.17) is 4.74 Å². The van der Waals surface area contributed by atoms with Crippen molar-refractivity contribution in [1.29, 1.82) is 0 Å². The lowest BCUT2D eigenvalue weighted by Gasteiger charge is -2.24. The van der Waals surface area contributed by atoms with Gasteiger partial charge in [0.15, 0.2) is 0 Å². The van der Waals surface area contributed by atoms with E-state index in [0.717, 1.165) is 24.1 Å². The van der Waals surface area contributed by atoms with Crippen molar-refractivity contribution >= 4 is 23.8 Å².